The lowest BCUT2D eigenvalue weighted by Crippen LogP contribution is -2.33. The van der Waals surface area contributed by atoms with Crippen molar-refractivity contribution in [3.8, 4) is 0 Å². The number of hydrogen-bond donors (Lipinski definition) is 1. The third-order valence-electron chi connectivity index (χ3n) is 5.07. The molecule has 7 nitrogen and oxygen atoms in total. The van der Waals surface area contributed by atoms with Crippen molar-refractivity contribution in [3.05, 3.63) is 78.1 Å². The fourth-order valence-electron chi connectivity index (χ4n) is 3.72. The van der Waals surface area contributed by atoms with E-state index in [1.807, 2.05) is 12.3 Å². The van der Waals surface area contributed by atoms with Crippen molar-refractivity contribution >= 4 is 16.7 Å². The molecule has 0 saturated carbocycles. The van der Waals surface area contributed by atoms with Crippen LogP contribution in [0.3, 0.4) is 0 Å². The molecule has 140 valence electrons. The van der Waals surface area contributed by atoms with E-state index in [9.17, 15) is 0 Å². The summed E-state index contributed by atoms with van der Waals surface area (Å²) in [5.74, 6) is 0.764. The fraction of sp³-hybridized carbons (Fsp3) is 0.238. The van der Waals surface area contributed by atoms with Crippen molar-refractivity contribution in [3.63, 3.8) is 0 Å². The molecule has 0 bridgehead atoms. The largest absolute Gasteiger partial charge is 0.363 e. The van der Waals surface area contributed by atoms with Crippen LogP contribution in [0.5, 0.6) is 0 Å². The van der Waals surface area contributed by atoms with Gasteiger partial charge in [0.2, 0.25) is 0 Å². The van der Waals surface area contributed by atoms with E-state index in [-0.39, 0.29) is 0 Å². The van der Waals surface area contributed by atoms with Crippen LogP contribution in [0.15, 0.2) is 61.2 Å². The molecule has 0 aliphatic carbocycles. The van der Waals surface area contributed by atoms with Crippen molar-refractivity contribution in [2.24, 2.45) is 0 Å². The highest BCUT2D eigenvalue weighted by atomic mass is 15.3. The number of anilines is 1. The summed E-state index contributed by atoms with van der Waals surface area (Å²) >= 11 is 0. The first-order valence-electron chi connectivity index (χ1n) is 9.46. The van der Waals surface area contributed by atoms with Gasteiger partial charge in [-0.2, -0.15) is 5.10 Å². The summed E-state index contributed by atoms with van der Waals surface area (Å²) < 4.78 is 2.12. The Bertz CT molecular complexity index is 1090. The van der Waals surface area contributed by atoms with Crippen molar-refractivity contribution in [1.82, 2.24) is 29.6 Å². The number of fused-ring (bicyclic) bond motifs is 2. The van der Waals surface area contributed by atoms with Gasteiger partial charge in [-0.3, -0.25) is 19.5 Å². The fourth-order valence-corrected chi connectivity index (χ4v) is 3.72. The molecule has 3 aromatic heterocycles. The highest BCUT2D eigenvalue weighted by Gasteiger charge is 2.19. The van der Waals surface area contributed by atoms with Crippen molar-refractivity contribution in [2.45, 2.75) is 26.2 Å². The van der Waals surface area contributed by atoms with Crippen LogP contribution in [0.25, 0.3) is 10.9 Å². The zero-order valence-corrected chi connectivity index (χ0v) is 15.5. The van der Waals surface area contributed by atoms with Gasteiger partial charge in [0.25, 0.3) is 0 Å². The zero-order valence-electron chi connectivity index (χ0n) is 15.5. The van der Waals surface area contributed by atoms with E-state index in [4.69, 9.17) is 5.10 Å². The highest BCUT2D eigenvalue weighted by Crippen LogP contribution is 2.21. The third kappa shape index (κ3) is 3.44. The SMILES string of the molecule is c1cc(CN2CCn3nc(CNc4cnccn4)cc3C2)c2cccnc2c1. The van der Waals surface area contributed by atoms with Gasteiger partial charge in [-0.25, -0.2) is 4.98 Å². The molecule has 4 heterocycles. The number of pyridine rings is 1. The predicted molar refractivity (Wildman–Crippen MR) is 107 cm³/mol. The molecule has 1 aliphatic rings. The van der Waals surface area contributed by atoms with Gasteiger partial charge in [-0.15, -0.1) is 0 Å². The summed E-state index contributed by atoms with van der Waals surface area (Å²) in [7, 11) is 0. The van der Waals surface area contributed by atoms with Crippen LogP contribution in [0.4, 0.5) is 5.82 Å². The summed E-state index contributed by atoms with van der Waals surface area (Å²) in [6, 6.07) is 12.7. The maximum absolute atomic E-state index is 4.73. The monoisotopic (exact) mass is 371 g/mol. The van der Waals surface area contributed by atoms with Crippen molar-refractivity contribution in [1.29, 1.82) is 0 Å². The molecule has 28 heavy (non-hydrogen) atoms. The van der Waals surface area contributed by atoms with Gasteiger partial charge in [0.1, 0.15) is 5.82 Å². The Morgan fingerprint density at radius 1 is 1.00 bits per heavy atom. The summed E-state index contributed by atoms with van der Waals surface area (Å²) in [6.45, 7) is 4.36. The first kappa shape index (κ1) is 16.8. The quantitative estimate of drug-likeness (QED) is 0.582. The Morgan fingerprint density at radius 2 is 2.00 bits per heavy atom. The lowest BCUT2D eigenvalue weighted by Gasteiger charge is -2.27. The maximum atomic E-state index is 4.73. The standard InChI is InChI=1S/C21H21N7/c1-3-16(19-4-2-6-23-20(19)5-1)14-27-9-10-28-18(15-27)11-17(26-28)12-25-21-13-22-7-8-24-21/h1-8,11,13H,9-10,12,14-15H2,(H,24,25). The maximum Gasteiger partial charge on any atom is 0.144 e. The lowest BCUT2D eigenvalue weighted by molar-refractivity contribution is 0.206. The van der Waals surface area contributed by atoms with Gasteiger partial charge < -0.3 is 5.32 Å². The van der Waals surface area contributed by atoms with Crippen LogP contribution < -0.4 is 5.32 Å². The van der Waals surface area contributed by atoms with Crippen LogP contribution in [0.2, 0.25) is 0 Å². The molecule has 1 aliphatic heterocycles. The second-order valence-electron chi connectivity index (χ2n) is 6.99. The topological polar surface area (TPSA) is 71.8 Å². The van der Waals surface area contributed by atoms with E-state index in [0.717, 1.165) is 43.2 Å². The van der Waals surface area contributed by atoms with E-state index in [1.165, 1.54) is 16.6 Å². The van der Waals surface area contributed by atoms with Gasteiger partial charge in [-0.05, 0) is 23.8 Å². The summed E-state index contributed by atoms with van der Waals surface area (Å²) in [5, 5.41) is 9.23. The molecule has 5 rings (SSSR count). The minimum absolute atomic E-state index is 0.647. The van der Waals surface area contributed by atoms with Crippen LogP contribution >= 0.6 is 0 Å². The number of benzene rings is 1. The smallest absolute Gasteiger partial charge is 0.144 e. The first-order valence-corrected chi connectivity index (χ1v) is 9.46. The number of nitrogens with one attached hydrogen (secondary N) is 1. The average Bonchev–Trinajstić information content (AvgIpc) is 3.16. The molecule has 0 fully saturated rings. The average molecular weight is 371 g/mol. The number of hydrogen-bond acceptors (Lipinski definition) is 6. The molecule has 0 saturated heterocycles. The van der Waals surface area contributed by atoms with Crippen molar-refractivity contribution in [2.75, 3.05) is 11.9 Å². The number of nitrogens with zero attached hydrogens (tertiary/aromatic N) is 6. The van der Waals surface area contributed by atoms with Gasteiger partial charge in [0.05, 0.1) is 36.2 Å². The minimum Gasteiger partial charge on any atom is -0.363 e. The Morgan fingerprint density at radius 3 is 2.93 bits per heavy atom. The molecule has 0 spiro atoms. The molecular weight excluding hydrogens is 350 g/mol. The second kappa shape index (κ2) is 7.36. The molecule has 1 aromatic carbocycles. The summed E-state index contributed by atoms with van der Waals surface area (Å²) in [6.07, 6.45) is 6.92. The minimum atomic E-state index is 0.647. The van der Waals surface area contributed by atoms with Gasteiger partial charge in [0.15, 0.2) is 0 Å². The van der Waals surface area contributed by atoms with Gasteiger partial charge >= 0.3 is 0 Å². The molecule has 4 aromatic rings. The van der Waals surface area contributed by atoms with Crippen LogP contribution in [-0.4, -0.2) is 36.2 Å². The summed E-state index contributed by atoms with van der Waals surface area (Å²) in [4.78, 5) is 15.3. The van der Waals surface area contributed by atoms with E-state index in [0.29, 0.717) is 6.54 Å². The Hall–Kier alpha value is -3.32. The Balaban J connectivity index is 1.28. The molecule has 0 amide bonds. The Labute approximate surface area is 163 Å². The number of aromatic nitrogens is 5. The van der Waals surface area contributed by atoms with Crippen molar-refractivity contribution < 1.29 is 0 Å². The Kier molecular flexibility index (Phi) is 4.42. The van der Waals surface area contributed by atoms with E-state index in [2.05, 4.69) is 60.2 Å². The highest BCUT2D eigenvalue weighted by molar-refractivity contribution is 5.81. The zero-order chi connectivity index (χ0) is 18.8. The van der Waals surface area contributed by atoms with Gasteiger partial charge in [-0.1, -0.05) is 18.2 Å². The molecule has 1 N–H and O–H groups in total. The molecule has 0 atom stereocenters. The molecule has 0 radical (unpaired) electrons. The number of rotatable bonds is 5. The van der Waals surface area contributed by atoms with Crippen LogP contribution in [-0.2, 0) is 26.2 Å². The van der Waals surface area contributed by atoms with Gasteiger partial charge in [0, 0.05) is 43.6 Å². The van der Waals surface area contributed by atoms with E-state index < -0.39 is 0 Å². The molecule has 7 heteroatoms. The van der Waals surface area contributed by atoms with E-state index in [1.54, 1.807) is 18.6 Å². The molecular formula is C21H21N7. The first-order chi connectivity index (χ1) is 13.8. The van der Waals surface area contributed by atoms with Crippen LogP contribution in [0.1, 0.15) is 17.0 Å². The third-order valence-corrected chi connectivity index (χ3v) is 5.07. The normalized spacial score (nSPS) is 14.1. The second-order valence-corrected chi connectivity index (χ2v) is 6.99. The lowest BCUT2D eigenvalue weighted by atomic mass is 10.1. The van der Waals surface area contributed by atoms with E-state index >= 15 is 0 Å². The molecule has 0 unspecified atom stereocenters. The van der Waals surface area contributed by atoms with Crippen LogP contribution in [0, 0.1) is 0 Å². The summed E-state index contributed by atoms with van der Waals surface area (Å²) in [5.41, 5.74) is 4.65. The predicted octanol–water partition coefficient (Wildman–Crippen LogP) is 2.85.